The van der Waals surface area contributed by atoms with E-state index in [-0.39, 0.29) is 6.61 Å². The summed E-state index contributed by atoms with van der Waals surface area (Å²) in [4.78, 5) is 15.2. The lowest BCUT2D eigenvalue weighted by atomic mass is 10.1. The molecule has 5 heteroatoms. The monoisotopic (exact) mass is 299 g/mol. The quantitative estimate of drug-likeness (QED) is 0.797. The molecule has 0 saturated carbocycles. The average Bonchev–Trinajstić information content (AvgIpc) is 2.88. The molecule has 0 amide bonds. The van der Waals surface area contributed by atoms with E-state index in [1.807, 2.05) is 24.3 Å². The number of thiazole rings is 1. The number of aryl methyl sites for hydroxylation is 1. The minimum Gasteiger partial charge on any atom is -0.482 e. The number of rotatable bonds is 4. The van der Waals surface area contributed by atoms with Crippen molar-refractivity contribution in [2.45, 2.75) is 6.92 Å². The molecule has 0 aliphatic rings. The van der Waals surface area contributed by atoms with Gasteiger partial charge in [-0.25, -0.2) is 9.78 Å². The summed E-state index contributed by atoms with van der Waals surface area (Å²) in [5.41, 5.74) is 3.19. The van der Waals surface area contributed by atoms with Gasteiger partial charge in [0.15, 0.2) is 6.61 Å². The van der Waals surface area contributed by atoms with Gasteiger partial charge < -0.3 is 9.84 Å². The van der Waals surface area contributed by atoms with E-state index in [1.54, 1.807) is 17.4 Å². The first kappa shape index (κ1) is 13.6. The van der Waals surface area contributed by atoms with Crippen molar-refractivity contribution in [2.75, 3.05) is 6.61 Å². The van der Waals surface area contributed by atoms with Crippen molar-refractivity contribution in [3.63, 3.8) is 0 Å². The van der Waals surface area contributed by atoms with Crippen LogP contribution in [0.4, 0.5) is 0 Å². The van der Waals surface area contributed by atoms with Crippen LogP contribution in [-0.4, -0.2) is 22.7 Å². The zero-order chi connectivity index (χ0) is 14.8. The van der Waals surface area contributed by atoms with Gasteiger partial charge in [0.1, 0.15) is 10.8 Å². The highest BCUT2D eigenvalue weighted by Crippen LogP contribution is 2.33. The second kappa shape index (κ2) is 5.54. The lowest BCUT2D eigenvalue weighted by Gasteiger charge is -2.01. The van der Waals surface area contributed by atoms with Crippen LogP contribution in [0, 0.1) is 6.92 Å². The highest BCUT2D eigenvalue weighted by Gasteiger charge is 2.09. The first-order valence-electron chi connectivity index (χ1n) is 6.44. The summed E-state index contributed by atoms with van der Waals surface area (Å²) in [7, 11) is 0. The Morgan fingerprint density at radius 1 is 1.29 bits per heavy atom. The molecular weight excluding hydrogens is 286 g/mol. The van der Waals surface area contributed by atoms with Crippen LogP contribution < -0.4 is 4.74 Å². The van der Waals surface area contributed by atoms with Crippen LogP contribution in [0.5, 0.6) is 5.75 Å². The number of carboxylic acids is 1. The Morgan fingerprint density at radius 3 is 2.86 bits per heavy atom. The first-order valence-corrected chi connectivity index (χ1v) is 7.26. The maximum atomic E-state index is 10.5. The van der Waals surface area contributed by atoms with E-state index < -0.39 is 5.97 Å². The molecule has 0 aliphatic carbocycles. The lowest BCUT2D eigenvalue weighted by Crippen LogP contribution is -2.09. The third-order valence-electron chi connectivity index (χ3n) is 3.10. The van der Waals surface area contributed by atoms with Crippen molar-refractivity contribution in [2.24, 2.45) is 0 Å². The number of fused-ring (bicyclic) bond motifs is 1. The largest absolute Gasteiger partial charge is 0.482 e. The predicted molar refractivity (Wildman–Crippen MR) is 82.9 cm³/mol. The van der Waals surface area contributed by atoms with Gasteiger partial charge in [-0.2, -0.15) is 0 Å². The topological polar surface area (TPSA) is 59.4 Å². The highest BCUT2D eigenvalue weighted by atomic mass is 32.1. The third-order valence-corrected chi connectivity index (χ3v) is 4.15. The summed E-state index contributed by atoms with van der Waals surface area (Å²) >= 11 is 1.57. The summed E-state index contributed by atoms with van der Waals surface area (Å²) in [6.07, 6.45) is 0. The smallest absolute Gasteiger partial charge is 0.341 e. The van der Waals surface area contributed by atoms with Gasteiger partial charge in [-0.05, 0) is 30.7 Å². The fourth-order valence-electron chi connectivity index (χ4n) is 2.07. The lowest BCUT2D eigenvalue weighted by molar-refractivity contribution is -0.139. The number of benzene rings is 2. The molecule has 1 aromatic heterocycles. The van der Waals surface area contributed by atoms with Gasteiger partial charge in [-0.1, -0.05) is 24.3 Å². The van der Waals surface area contributed by atoms with E-state index in [0.717, 1.165) is 20.8 Å². The molecule has 0 spiro atoms. The Hall–Kier alpha value is -2.40. The Bertz CT molecular complexity index is 810. The molecular formula is C16H13NO3S. The number of carbonyl (C=O) groups is 1. The number of aromatic nitrogens is 1. The SMILES string of the molecule is Cc1ccccc1-c1nc2ccc(OCC(=O)O)cc2s1. The molecule has 0 aliphatic heterocycles. The van der Waals surface area contributed by atoms with E-state index >= 15 is 0 Å². The first-order chi connectivity index (χ1) is 10.1. The Balaban J connectivity index is 1.97. The summed E-state index contributed by atoms with van der Waals surface area (Å²) in [5, 5.41) is 9.59. The highest BCUT2D eigenvalue weighted by molar-refractivity contribution is 7.21. The third kappa shape index (κ3) is 2.87. The minimum atomic E-state index is -0.986. The Labute approximate surface area is 125 Å². The minimum absolute atomic E-state index is 0.338. The molecule has 0 radical (unpaired) electrons. The van der Waals surface area contributed by atoms with E-state index in [2.05, 4.69) is 24.0 Å². The van der Waals surface area contributed by atoms with E-state index in [1.165, 1.54) is 5.56 Å². The van der Waals surface area contributed by atoms with Gasteiger partial charge in [0.25, 0.3) is 0 Å². The molecule has 2 aromatic carbocycles. The molecule has 1 heterocycles. The van der Waals surface area contributed by atoms with Crippen molar-refractivity contribution in [3.05, 3.63) is 48.0 Å². The molecule has 4 nitrogen and oxygen atoms in total. The molecule has 0 fully saturated rings. The average molecular weight is 299 g/mol. The van der Waals surface area contributed by atoms with Gasteiger partial charge in [0, 0.05) is 5.56 Å². The van der Waals surface area contributed by atoms with Crippen LogP contribution in [0.3, 0.4) is 0 Å². The van der Waals surface area contributed by atoms with Crippen LogP contribution in [0.2, 0.25) is 0 Å². The number of aliphatic carboxylic acids is 1. The van der Waals surface area contributed by atoms with Crippen molar-refractivity contribution >= 4 is 27.5 Å². The molecule has 3 rings (SSSR count). The molecule has 0 unspecified atom stereocenters. The van der Waals surface area contributed by atoms with Gasteiger partial charge in [-0.3, -0.25) is 0 Å². The summed E-state index contributed by atoms with van der Waals surface area (Å²) < 4.78 is 6.18. The maximum absolute atomic E-state index is 10.5. The Morgan fingerprint density at radius 2 is 2.10 bits per heavy atom. The normalized spacial score (nSPS) is 10.7. The van der Waals surface area contributed by atoms with E-state index in [0.29, 0.717) is 5.75 Å². The number of ether oxygens (including phenoxy) is 1. The predicted octanol–water partition coefficient (Wildman–Crippen LogP) is 3.74. The van der Waals surface area contributed by atoms with Gasteiger partial charge >= 0.3 is 5.97 Å². The van der Waals surface area contributed by atoms with Crippen molar-refractivity contribution in [3.8, 4) is 16.3 Å². The maximum Gasteiger partial charge on any atom is 0.341 e. The number of nitrogens with zero attached hydrogens (tertiary/aromatic N) is 1. The van der Waals surface area contributed by atoms with Crippen molar-refractivity contribution in [1.29, 1.82) is 0 Å². The summed E-state index contributed by atoms with van der Waals surface area (Å²) in [5.74, 6) is -0.440. The second-order valence-electron chi connectivity index (χ2n) is 4.65. The zero-order valence-corrected chi connectivity index (χ0v) is 12.2. The summed E-state index contributed by atoms with van der Waals surface area (Å²) in [6.45, 7) is 1.72. The van der Waals surface area contributed by atoms with Crippen molar-refractivity contribution < 1.29 is 14.6 Å². The van der Waals surface area contributed by atoms with Gasteiger partial charge in [-0.15, -0.1) is 11.3 Å². The molecule has 1 N–H and O–H groups in total. The molecule has 106 valence electrons. The second-order valence-corrected chi connectivity index (χ2v) is 5.68. The number of hydrogen-bond acceptors (Lipinski definition) is 4. The van der Waals surface area contributed by atoms with Gasteiger partial charge in [0.2, 0.25) is 0 Å². The number of hydrogen-bond donors (Lipinski definition) is 1. The zero-order valence-electron chi connectivity index (χ0n) is 11.4. The molecule has 0 saturated heterocycles. The van der Waals surface area contributed by atoms with Crippen LogP contribution in [-0.2, 0) is 4.79 Å². The Kier molecular flexibility index (Phi) is 3.58. The molecule has 0 bridgehead atoms. The van der Waals surface area contributed by atoms with Gasteiger partial charge in [0.05, 0.1) is 10.2 Å². The van der Waals surface area contributed by atoms with Crippen LogP contribution in [0.15, 0.2) is 42.5 Å². The molecule has 21 heavy (non-hydrogen) atoms. The fourth-order valence-corrected chi connectivity index (χ4v) is 3.15. The van der Waals surface area contributed by atoms with Crippen molar-refractivity contribution in [1.82, 2.24) is 4.98 Å². The fraction of sp³-hybridized carbons (Fsp3) is 0.125. The van der Waals surface area contributed by atoms with E-state index in [4.69, 9.17) is 9.84 Å². The summed E-state index contributed by atoms with van der Waals surface area (Å²) in [6, 6.07) is 13.5. The van der Waals surface area contributed by atoms with Crippen LogP contribution in [0.1, 0.15) is 5.56 Å². The molecule has 0 atom stereocenters. The standard InChI is InChI=1S/C16H13NO3S/c1-10-4-2-3-5-12(10)16-17-13-7-6-11(8-14(13)21-16)20-9-15(18)19/h2-8H,9H2,1H3,(H,18,19). The van der Waals surface area contributed by atoms with Crippen LogP contribution in [0.25, 0.3) is 20.8 Å². The van der Waals surface area contributed by atoms with Crippen LogP contribution >= 0.6 is 11.3 Å². The molecule has 3 aromatic rings. The van der Waals surface area contributed by atoms with E-state index in [9.17, 15) is 4.79 Å². The number of carboxylic acid groups (broad SMARTS) is 1.